The van der Waals surface area contributed by atoms with E-state index in [0.717, 1.165) is 58.1 Å². The molecule has 0 aromatic carbocycles. The second kappa shape index (κ2) is 7.26. The molecular formula is C13H25BN2O3. The molecule has 0 aromatic rings. The highest BCUT2D eigenvalue weighted by molar-refractivity contribution is 6.25. The number of hydrogen-bond acceptors (Lipinski definition) is 4. The van der Waals surface area contributed by atoms with Gasteiger partial charge in [-0.3, -0.25) is 15.0 Å². The molecule has 0 spiro atoms. The summed E-state index contributed by atoms with van der Waals surface area (Å²) in [5, 5.41) is 21.4. The van der Waals surface area contributed by atoms with Crippen LogP contribution >= 0.6 is 0 Å². The van der Waals surface area contributed by atoms with Crippen LogP contribution < -0.4 is 5.32 Å². The number of carboxylic acid groups (broad SMARTS) is 1. The SMILES string of the molecule is O=C(O)C1CCCC2C1NCN2CCCCCBO. The molecule has 5 nitrogen and oxygen atoms in total. The molecule has 3 N–H and O–H groups in total. The van der Waals surface area contributed by atoms with Crippen molar-refractivity contribution in [3.63, 3.8) is 0 Å². The molecule has 0 radical (unpaired) electrons. The predicted molar refractivity (Wildman–Crippen MR) is 75.3 cm³/mol. The third kappa shape index (κ3) is 3.71. The molecule has 1 saturated carbocycles. The van der Waals surface area contributed by atoms with Crippen molar-refractivity contribution >= 4 is 13.5 Å². The molecule has 1 aliphatic carbocycles. The van der Waals surface area contributed by atoms with Crippen LogP contribution in [0.2, 0.25) is 6.32 Å². The minimum atomic E-state index is -0.646. The first kappa shape index (κ1) is 14.8. The molecule has 1 saturated heterocycles. The number of fused-ring (bicyclic) bond motifs is 1. The van der Waals surface area contributed by atoms with Crippen LogP contribution in [0, 0.1) is 5.92 Å². The Kier molecular flexibility index (Phi) is 5.67. The Bertz CT molecular complexity index is 304. The fourth-order valence-electron chi connectivity index (χ4n) is 3.50. The highest BCUT2D eigenvalue weighted by atomic mass is 16.4. The quantitative estimate of drug-likeness (QED) is 0.460. The summed E-state index contributed by atoms with van der Waals surface area (Å²) in [7, 11) is 0.288. The molecule has 0 amide bonds. The zero-order chi connectivity index (χ0) is 13.7. The average molecular weight is 268 g/mol. The summed E-state index contributed by atoms with van der Waals surface area (Å²) in [5.74, 6) is -0.856. The van der Waals surface area contributed by atoms with E-state index in [4.69, 9.17) is 5.02 Å². The van der Waals surface area contributed by atoms with Crippen LogP contribution in [0.4, 0.5) is 0 Å². The Balaban J connectivity index is 1.77. The van der Waals surface area contributed by atoms with Gasteiger partial charge in [-0.1, -0.05) is 25.6 Å². The van der Waals surface area contributed by atoms with Crippen LogP contribution in [0.25, 0.3) is 0 Å². The van der Waals surface area contributed by atoms with Crippen LogP contribution in [0.1, 0.15) is 38.5 Å². The van der Waals surface area contributed by atoms with Crippen molar-refractivity contribution in [3.8, 4) is 0 Å². The normalized spacial score (nSPS) is 31.1. The van der Waals surface area contributed by atoms with Crippen LogP contribution in [0.15, 0.2) is 0 Å². The van der Waals surface area contributed by atoms with E-state index in [1.165, 1.54) is 0 Å². The van der Waals surface area contributed by atoms with Crippen molar-refractivity contribution in [2.24, 2.45) is 5.92 Å². The van der Waals surface area contributed by atoms with E-state index in [2.05, 4.69) is 10.2 Å². The van der Waals surface area contributed by atoms with Crippen LogP contribution in [0.3, 0.4) is 0 Å². The number of carbonyl (C=O) groups is 1. The highest BCUT2D eigenvalue weighted by Crippen LogP contribution is 2.31. The van der Waals surface area contributed by atoms with Gasteiger partial charge in [-0.25, -0.2) is 0 Å². The second-order valence-corrected chi connectivity index (χ2v) is 5.78. The van der Waals surface area contributed by atoms with Gasteiger partial charge < -0.3 is 10.1 Å². The van der Waals surface area contributed by atoms with E-state index < -0.39 is 5.97 Å². The van der Waals surface area contributed by atoms with Gasteiger partial charge in [0.2, 0.25) is 0 Å². The van der Waals surface area contributed by atoms with Crippen LogP contribution in [-0.2, 0) is 4.79 Å². The molecule has 19 heavy (non-hydrogen) atoms. The first-order chi connectivity index (χ1) is 9.24. The lowest BCUT2D eigenvalue weighted by atomic mass is 9.81. The summed E-state index contributed by atoms with van der Waals surface area (Å²) >= 11 is 0. The van der Waals surface area contributed by atoms with Gasteiger partial charge in [0.1, 0.15) is 0 Å². The van der Waals surface area contributed by atoms with Crippen molar-refractivity contribution in [2.75, 3.05) is 13.2 Å². The van der Waals surface area contributed by atoms with Gasteiger partial charge in [0.15, 0.2) is 0 Å². The standard InChI is InChI=1S/C13H25BN2O3/c17-13(18)10-5-4-6-11-12(10)15-9-16(11)8-3-1-2-7-14-19/h10-12,14-15,19H,1-9H2,(H,17,18). The lowest BCUT2D eigenvalue weighted by Gasteiger charge is -2.34. The maximum absolute atomic E-state index is 11.3. The van der Waals surface area contributed by atoms with Crippen molar-refractivity contribution in [2.45, 2.75) is 56.9 Å². The number of rotatable bonds is 7. The van der Waals surface area contributed by atoms with Gasteiger partial charge in [0.05, 0.1) is 5.92 Å². The number of nitrogens with one attached hydrogen (secondary N) is 1. The summed E-state index contributed by atoms with van der Waals surface area (Å²) in [6.07, 6.45) is 7.24. The topological polar surface area (TPSA) is 72.8 Å². The lowest BCUT2D eigenvalue weighted by molar-refractivity contribution is -0.144. The number of aliphatic carboxylic acids is 1. The summed E-state index contributed by atoms with van der Waals surface area (Å²) in [4.78, 5) is 13.7. The average Bonchev–Trinajstić information content (AvgIpc) is 2.81. The van der Waals surface area contributed by atoms with Gasteiger partial charge in [-0.2, -0.15) is 0 Å². The fraction of sp³-hybridized carbons (Fsp3) is 0.923. The van der Waals surface area contributed by atoms with Crippen LogP contribution in [0.5, 0.6) is 0 Å². The highest BCUT2D eigenvalue weighted by Gasteiger charge is 2.43. The van der Waals surface area contributed by atoms with E-state index in [0.29, 0.717) is 6.04 Å². The Morgan fingerprint density at radius 3 is 2.89 bits per heavy atom. The van der Waals surface area contributed by atoms with E-state index in [1.54, 1.807) is 0 Å². The molecule has 0 aromatic heterocycles. The zero-order valence-electron chi connectivity index (χ0n) is 11.6. The molecule has 2 rings (SSSR count). The second-order valence-electron chi connectivity index (χ2n) is 5.78. The predicted octanol–water partition coefficient (Wildman–Crippen LogP) is 0.403. The molecule has 3 unspecified atom stereocenters. The van der Waals surface area contributed by atoms with E-state index in [1.807, 2.05) is 0 Å². The van der Waals surface area contributed by atoms with Gasteiger partial charge >= 0.3 is 5.97 Å². The first-order valence-electron chi connectivity index (χ1n) is 7.55. The van der Waals surface area contributed by atoms with E-state index in [-0.39, 0.29) is 19.4 Å². The van der Waals surface area contributed by atoms with Crippen molar-refractivity contribution in [3.05, 3.63) is 0 Å². The van der Waals surface area contributed by atoms with Gasteiger partial charge in [-0.05, 0) is 25.8 Å². The molecule has 3 atom stereocenters. The fourth-order valence-corrected chi connectivity index (χ4v) is 3.50. The first-order valence-corrected chi connectivity index (χ1v) is 7.55. The summed E-state index contributed by atoms with van der Waals surface area (Å²) < 4.78 is 0. The molecule has 1 heterocycles. The molecule has 2 fully saturated rings. The Morgan fingerprint density at radius 1 is 1.32 bits per heavy atom. The van der Waals surface area contributed by atoms with Gasteiger partial charge in [-0.15, -0.1) is 0 Å². The van der Waals surface area contributed by atoms with E-state index in [9.17, 15) is 9.90 Å². The Labute approximate surface area is 115 Å². The van der Waals surface area contributed by atoms with Crippen molar-refractivity contribution in [1.82, 2.24) is 10.2 Å². The monoisotopic (exact) mass is 268 g/mol. The molecule has 0 bridgehead atoms. The lowest BCUT2D eigenvalue weighted by Crippen LogP contribution is -2.47. The van der Waals surface area contributed by atoms with Crippen molar-refractivity contribution in [1.29, 1.82) is 0 Å². The summed E-state index contributed by atoms with van der Waals surface area (Å²) in [6.45, 7) is 1.88. The Hall–Kier alpha value is -0.585. The molecule has 108 valence electrons. The number of nitrogens with zero attached hydrogens (tertiary/aromatic N) is 1. The number of unbranched alkanes of at least 4 members (excludes halogenated alkanes) is 2. The largest absolute Gasteiger partial charge is 0.481 e. The zero-order valence-corrected chi connectivity index (χ0v) is 11.6. The Morgan fingerprint density at radius 2 is 2.16 bits per heavy atom. The number of carboxylic acids is 1. The van der Waals surface area contributed by atoms with Gasteiger partial charge in [0.25, 0.3) is 7.48 Å². The molecule has 2 aliphatic rings. The minimum Gasteiger partial charge on any atom is -0.481 e. The molecule has 1 aliphatic heterocycles. The maximum Gasteiger partial charge on any atom is 0.308 e. The summed E-state index contributed by atoms with van der Waals surface area (Å²) in [5.41, 5.74) is 0. The molecule has 6 heteroatoms. The van der Waals surface area contributed by atoms with E-state index >= 15 is 0 Å². The summed E-state index contributed by atoms with van der Waals surface area (Å²) in [6, 6.07) is 0.552. The third-order valence-corrected chi connectivity index (χ3v) is 4.53. The molecular weight excluding hydrogens is 243 g/mol. The smallest absolute Gasteiger partial charge is 0.308 e. The van der Waals surface area contributed by atoms with Crippen molar-refractivity contribution < 1.29 is 14.9 Å². The minimum absolute atomic E-state index is 0.142. The third-order valence-electron chi connectivity index (χ3n) is 4.53. The maximum atomic E-state index is 11.3. The number of hydrogen-bond donors (Lipinski definition) is 3. The van der Waals surface area contributed by atoms with Crippen LogP contribution in [-0.4, -0.2) is 53.8 Å². The van der Waals surface area contributed by atoms with Gasteiger partial charge in [0, 0.05) is 18.8 Å².